The van der Waals surface area contributed by atoms with Crippen LogP contribution < -0.4 is 5.73 Å². The molecule has 1 unspecified atom stereocenters. The molecule has 2 N–H and O–H groups in total. The van der Waals surface area contributed by atoms with Crippen LogP contribution in [0.2, 0.25) is 0 Å². The van der Waals surface area contributed by atoms with Crippen molar-refractivity contribution in [1.29, 1.82) is 0 Å². The molecule has 2 aromatic rings. The van der Waals surface area contributed by atoms with Gasteiger partial charge in [-0.1, -0.05) is 36.4 Å². The van der Waals surface area contributed by atoms with E-state index in [0.29, 0.717) is 18.6 Å². The quantitative estimate of drug-likeness (QED) is 0.820. The number of hydrogen-bond acceptors (Lipinski definition) is 3. The van der Waals surface area contributed by atoms with Gasteiger partial charge in [-0.15, -0.1) is 0 Å². The fourth-order valence-corrected chi connectivity index (χ4v) is 1.93. The maximum atomic E-state index is 12.1. The van der Waals surface area contributed by atoms with Crippen LogP contribution in [0.3, 0.4) is 0 Å². The first-order chi connectivity index (χ1) is 8.72. The maximum absolute atomic E-state index is 12.1. The number of carbonyl (C=O) groups excluding carboxylic acids is 1. The van der Waals surface area contributed by atoms with Gasteiger partial charge in [0.15, 0.2) is 5.78 Å². The standard InChI is InChI=1S/C15H17NO2/c1-18-9-8-14(16)15(17)13-7-6-11-4-2-3-5-12(11)10-13/h2-7,10,14H,8-9,16H2,1H3. The lowest BCUT2D eigenvalue weighted by Gasteiger charge is -2.10. The van der Waals surface area contributed by atoms with Crippen LogP contribution in [0, 0.1) is 0 Å². The second-order valence-electron chi connectivity index (χ2n) is 4.31. The van der Waals surface area contributed by atoms with E-state index in [4.69, 9.17) is 10.5 Å². The number of ether oxygens (including phenoxy) is 1. The van der Waals surface area contributed by atoms with E-state index in [1.807, 2.05) is 42.5 Å². The number of carbonyl (C=O) groups is 1. The van der Waals surface area contributed by atoms with Crippen LogP contribution in [0.1, 0.15) is 16.8 Å². The van der Waals surface area contributed by atoms with Gasteiger partial charge in [0.25, 0.3) is 0 Å². The van der Waals surface area contributed by atoms with Gasteiger partial charge in [0, 0.05) is 19.3 Å². The Hall–Kier alpha value is -1.71. The predicted molar refractivity (Wildman–Crippen MR) is 72.7 cm³/mol. The number of nitrogens with two attached hydrogens (primary N) is 1. The third-order valence-electron chi connectivity index (χ3n) is 3.00. The van der Waals surface area contributed by atoms with Crippen molar-refractivity contribution in [3.8, 4) is 0 Å². The highest BCUT2D eigenvalue weighted by molar-refractivity contribution is 6.02. The molecule has 2 rings (SSSR count). The molecule has 1 atom stereocenters. The second kappa shape index (κ2) is 5.76. The lowest BCUT2D eigenvalue weighted by atomic mass is 9.99. The molecular formula is C15H17NO2. The van der Waals surface area contributed by atoms with Crippen molar-refractivity contribution < 1.29 is 9.53 Å². The molecule has 0 saturated heterocycles. The molecule has 0 saturated carbocycles. The van der Waals surface area contributed by atoms with E-state index in [2.05, 4.69) is 0 Å². The fraction of sp³-hybridized carbons (Fsp3) is 0.267. The highest BCUT2D eigenvalue weighted by Gasteiger charge is 2.15. The Morgan fingerprint density at radius 2 is 1.94 bits per heavy atom. The van der Waals surface area contributed by atoms with E-state index in [9.17, 15) is 4.79 Å². The van der Waals surface area contributed by atoms with Crippen LogP contribution in [-0.2, 0) is 4.74 Å². The lowest BCUT2D eigenvalue weighted by molar-refractivity contribution is 0.0935. The number of fused-ring (bicyclic) bond motifs is 1. The molecule has 0 heterocycles. The number of methoxy groups -OCH3 is 1. The average molecular weight is 243 g/mol. The monoisotopic (exact) mass is 243 g/mol. The molecule has 0 aliphatic rings. The molecule has 0 bridgehead atoms. The van der Waals surface area contributed by atoms with Gasteiger partial charge < -0.3 is 10.5 Å². The van der Waals surface area contributed by atoms with Crippen LogP contribution in [0.5, 0.6) is 0 Å². The molecule has 3 nitrogen and oxygen atoms in total. The molecule has 2 aromatic carbocycles. The summed E-state index contributed by atoms with van der Waals surface area (Å²) in [6.07, 6.45) is 0.544. The first kappa shape index (κ1) is 12.7. The Morgan fingerprint density at radius 1 is 1.22 bits per heavy atom. The van der Waals surface area contributed by atoms with Gasteiger partial charge in [-0.25, -0.2) is 0 Å². The highest BCUT2D eigenvalue weighted by atomic mass is 16.5. The summed E-state index contributed by atoms with van der Waals surface area (Å²) in [6, 6.07) is 13.1. The number of Topliss-reactive ketones (excluding diaryl/α,β-unsaturated/α-hetero) is 1. The SMILES string of the molecule is COCCC(N)C(=O)c1ccc2ccccc2c1. The van der Waals surface area contributed by atoms with Gasteiger partial charge in [-0.2, -0.15) is 0 Å². The first-order valence-corrected chi connectivity index (χ1v) is 6.00. The molecule has 3 heteroatoms. The van der Waals surface area contributed by atoms with E-state index < -0.39 is 6.04 Å². The summed E-state index contributed by atoms with van der Waals surface area (Å²) in [7, 11) is 1.60. The van der Waals surface area contributed by atoms with Crippen LogP contribution in [0.15, 0.2) is 42.5 Å². The van der Waals surface area contributed by atoms with Crippen LogP contribution in [0.25, 0.3) is 10.8 Å². The maximum Gasteiger partial charge on any atom is 0.179 e. The Labute approximate surface area is 107 Å². The summed E-state index contributed by atoms with van der Waals surface area (Å²) in [6.45, 7) is 0.500. The number of ketones is 1. The van der Waals surface area contributed by atoms with Gasteiger partial charge in [-0.3, -0.25) is 4.79 Å². The number of rotatable bonds is 5. The van der Waals surface area contributed by atoms with Crippen molar-refractivity contribution in [2.75, 3.05) is 13.7 Å². The first-order valence-electron chi connectivity index (χ1n) is 6.00. The van der Waals surface area contributed by atoms with Crippen LogP contribution in [-0.4, -0.2) is 25.5 Å². The van der Waals surface area contributed by atoms with Crippen molar-refractivity contribution >= 4 is 16.6 Å². The second-order valence-corrected chi connectivity index (χ2v) is 4.31. The zero-order chi connectivity index (χ0) is 13.0. The molecule has 94 valence electrons. The lowest BCUT2D eigenvalue weighted by Crippen LogP contribution is -2.31. The molecule has 0 aromatic heterocycles. The van der Waals surface area contributed by atoms with E-state index in [1.54, 1.807) is 7.11 Å². The van der Waals surface area contributed by atoms with E-state index >= 15 is 0 Å². The molecule has 0 aliphatic carbocycles. The minimum atomic E-state index is -0.494. The van der Waals surface area contributed by atoms with Crippen molar-refractivity contribution in [3.05, 3.63) is 48.0 Å². The zero-order valence-electron chi connectivity index (χ0n) is 10.4. The van der Waals surface area contributed by atoms with Crippen LogP contribution >= 0.6 is 0 Å². The van der Waals surface area contributed by atoms with Gasteiger partial charge in [-0.05, 0) is 23.3 Å². The molecule has 18 heavy (non-hydrogen) atoms. The smallest absolute Gasteiger partial charge is 0.179 e. The molecule has 0 spiro atoms. The van der Waals surface area contributed by atoms with Gasteiger partial charge in [0.2, 0.25) is 0 Å². The van der Waals surface area contributed by atoms with Crippen molar-refractivity contribution in [2.45, 2.75) is 12.5 Å². The van der Waals surface area contributed by atoms with E-state index in [1.165, 1.54) is 0 Å². The summed E-state index contributed by atoms with van der Waals surface area (Å²) in [4.78, 5) is 12.1. The van der Waals surface area contributed by atoms with Gasteiger partial charge >= 0.3 is 0 Å². The molecule has 0 radical (unpaired) electrons. The predicted octanol–water partition coefficient (Wildman–Crippen LogP) is 2.39. The molecule has 0 amide bonds. The Balaban J connectivity index is 2.22. The summed E-state index contributed by atoms with van der Waals surface area (Å²) in [5.74, 6) is -0.0298. The Morgan fingerprint density at radius 3 is 2.67 bits per heavy atom. The highest BCUT2D eigenvalue weighted by Crippen LogP contribution is 2.16. The Bertz CT molecular complexity index is 551. The summed E-state index contributed by atoms with van der Waals surface area (Å²) in [5, 5.41) is 2.18. The summed E-state index contributed by atoms with van der Waals surface area (Å²) < 4.78 is 4.94. The van der Waals surface area contributed by atoms with Crippen LogP contribution in [0.4, 0.5) is 0 Å². The van der Waals surface area contributed by atoms with E-state index in [-0.39, 0.29) is 5.78 Å². The van der Waals surface area contributed by atoms with Crippen molar-refractivity contribution in [1.82, 2.24) is 0 Å². The third kappa shape index (κ3) is 2.75. The Kier molecular flexibility index (Phi) is 4.07. The van der Waals surface area contributed by atoms with Gasteiger partial charge in [0.1, 0.15) is 0 Å². The molecule has 0 fully saturated rings. The average Bonchev–Trinajstić information content (AvgIpc) is 2.43. The fourth-order valence-electron chi connectivity index (χ4n) is 1.93. The number of hydrogen-bond donors (Lipinski definition) is 1. The zero-order valence-corrected chi connectivity index (χ0v) is 10.4. The topological polar surface area (TPSA) is 52.3 Å². The number of benzene rings is 2. The van der Waals surface area contributed by atoms with Crippen molar-refractivity contribution in [2.24, 2.45) is 5.73 Å². The summed E-state index contributed by atoms with van der Waals surface area (Å²) >= 11 is 0. The van der Waals surface area contributed by atoms with Gasteiger partial charge in [0.05, 0.1) is 6.04 Å². The minimum absolute atomic E-state index is 0.0298. The summed E-state index contributed by atoms with van der Waals surface area (Å²) in [5.41, 5.74) is 6.51. The van der Waals surface area contributed by atoms with Crippen molar-refractivity contribution in [3.63, 3.8) is 0 Å². The van der Waals surface area contributed by atoms with E-state index in [0.717, 1.165) is 10.8 Å². The molecule has 0 aliphatic heterocycles. The minimum Gasteiger partial charge on any atom is -0.385 e. The largest absolute Gasteiger partial charge is 0.385 e. The normalized spacial score (nSPS) is 12.6. The third-order valence-corrected chi connectivity index (χ3v) is 3.00. The molecular weight excluding hydrogens is 226 g/mol.